The van der Waals surface area contributed by atoms with Crippen molar-refractivity contribution in [1.29, 1.82) is 0 Å². The molecule has 0 aromatic heterocycles. The lowest BCUT2D eigenvalue weighted by Crippen LogP contribution is -2.27. The van der Waals surface area contributed by atoms with Crippen LogP contribution in [0.25, 0.3) is 0 Å². The number of carbonyl (C=O) groups excluding carboxylic acids is 1. The number of ether oxygens (including phenoxy) is 2. The molecule has 0 aliphatic rings. The van der Waals surface area contributed by atoms with Crippen LogP contribution < -0.4 is 19.5 Å². The van der Waals surface area contributed by atoms with Crippen LogP contribution in [-0.4, -0.2) is 19.2 Å². The van der Waals surface area contributed by atoms with E-state index >= 15 is 0 Å². The van der Waals surface area contributed by atoms with Crippen molar-refractivity contribution in [1.82, 2.24) is 0 Å². The highest BCUT2D eigenvalue weighted by Crippen LogP contribution is 2.22. The third-order valence-corrected chi connectivity index (χ3v) is 3.77. The van der Waals surface area contributed by atoms with Gasteiger partial charge in [0.1, 0.15) is 11.5 Å². The van der Waals surface area contributed by atoms with Gasteiger partial charge in [-0.15, -0.1) is 0 Å². The SMILES string of the molecule is NC(=O)N(S)c1cccc(OCCCCCOc2ccccc2)c1. The summed E-state index contributed by atoms with van der Waals surface area (Å²) in [5.41, 5.74) is 5.77. The summed E-state index contributed by atoms with van der Waals surface area (Å²) in [4.78, 5) is 11.1. The molecule has 0 saturated heterocycles. The van der Waals surface area contributed by atoms with Crippen LogP contribution in [0.5, 0.6) is 11.5 Å². The maximum Gasteiger partial charge on any atom is 0.329 e. The van der Waals surface area contributed by atoms with Crippen molar-refractivity contribution < 1.29 is 14.3 Å². The van der Waals surface area contributed by atoms with Crippen LogP contribution in [0.1, 0.15) is 19.3 Å². The Bertz CT molecular complexity index is 637. The summed E-state index contributed by atoms with van der Waals surface area (Å²) < 4.78 is 12.4. The molecule has 2 amide bonds. The van der Waals surface area contributed by atoms with Crippen molar-refractivity contribution in [2.24, 2.45) is 5.73 Å². The van der Waals surface area contributed by atoms with Gasteiger partial charge in [-0.05, 0) is 43.5 Å². The van der Waals surface area contributed by atoms with Gasteiger partial charge in [-0.2, -0.15) is 0 Å². The van der Waals surface area contributed by atoms with Crippen molar-refractivity contribution >= 4 is 24.5 Å². The molecule has 0 spiro atoms. The van der Waals surface area contributed by atoms with E-state index in [1.54, 1.807) is 18.2 Å². The van der Waals surface area contributed by atoms with E-state index in [2.05, 4.69) is 12.8 Å². The molecule has 0 saturated carbocycles. The molecule has 5 nitrogen and oxygen atoms in total. The molecule has 0 heterocycles. The van der Waals surface area contributed by atoms with E-state index in [9.17, 15) is 4.79 Å². The first-order chi connectivity index (χ1) is 11.7. The summed E-state index contributed by atoms with van der Waals surface area (Å²) in [6.07, 6.45) is 2.93. The highest BCUT2D eigenvalue weighted by molar-refractivity contribution is 7.82. The molecule has 2 aromatic carbocycles. The number of amides is 2. The average Bonchev–Trinajstić information content (AvgIpc) is 2.61. The molecule has 0 bridgehead atoms. The van der Waals surface area contributed by atoms with Crippen molar-refractivity contribution in [3.63, 3.8) is 0 Å². The lowest BCUT2D eigenvalue weighted by Gasteiger charge is -2.14. The van der Waals surface area contributed by atoms with Crippen LogP contribution >= 0.6 is 12.8 Å². The molecule has 2 N–H and O–H groups in total. The number of thiol groups is 1. The maximum absolute atomic E-state index is 11.1. The molecule has 2 rings (SSSR count). The molecule has 0 aliphatic carbocycles. The molecule has 2 aromatic rings. The van der Waals surface area contributed by atoms with Crippen LogP contribution in [0.2, 0.25) is 0 Å². The normalized spacial score (nSPS) is 10.2. The van der Waals surface area contributed by atoms with E-state index in [1.165, 1.54) is 0 Å². The number of hydrogen-bond donors (Lipinski definition) is 2. The molecule has 0 radical (unpaired) electrons. The molecule has 0 unspecified atom stereocenters. The Kier molecular flexibility index (Phi) is 7.29. The zero-order valence-corrected chi connectivity index (χ0v) is 14.3. The number of urea groups is 1. The summed E-state index contributed by atoms with van der Waals surface area (Å²) in [5, 5.41) is 0. The number of hydrogen-bond acceptors (Lipinski definition) is 4. The Hall–Kier alpha value is -2.34. The topological polar surface area (TPSA) is 64.8 Å². The molecule has 0 atom stereocenters. The standard InChI is InChI=1S/C18H22N2O3S/c19-18(21)20(24)15-8-7-11-17(14-15)23-13-6-2-5-12-22-16-9-3-1-4-10-16/h1,3-4,7-11,14,24H,2,5-6,12-13H2,(H2,19,21). The predicted molar refractivity (Wildman–Crippen MR) is 98.8 cm³/mol. The summed E-state index contributed by atoms with van der Waals surface area (Å²) in [6.45, 7) is 1.31. The lowest BCUT2D eigenvalue weighted by molar-refractivity contribution is 0.257. The summed E-state index contributed by atoms with van der Waals surface area (Å²) in [7, 11) is 0. The van der Waals surface area contributed by atoms with Gasteiger partial charge in [0.05, 0.1) is 18.9 Å². The Morgan fingerprint density at radius 2 is 1.54 bits per heavy atom. The first-order valence-electron chi connectivity index (χ1n) is 7.86. The van der Waals surface area contributed by atoms with E-state index in [-0.39, 0.29) is 0 Å². The number of rotatable bonds is 9. The van der Waals surface area contributed by atoms with E-state index in [0.29, 0.717) is 24.7 Å². The molecule has 6 heteroatoms. The van der Waals surface area contributed by atoms with Gasteiger partial charge in [0.2, 0.25) is 0 Å². The first-order valence-corrected chi connectivity index (χ1v) is 8.26. The minimum Gasteiger partial charge on any atom is -0.494 e. The van der Waals surface area contributed by atoms with E-state index in [1.807, 2.05) is 36.4 Å². The molecule has 24 heavy (non-hydrogen) atoms. The molecule has 0 aliphatic heterocycles. The number of nitrogens with zero attached hydrogens (tertiary/aromatic N) is 1. The monoisotopic (exact) mass is 346 g/mol. The fraction of sp³-hybridized carbons (Fsp3) is 0.278. The Labute approximate surface area is 147 Å². The summed E-state index contributed by atoms with van der Waals surface area (Å²) in [6, 6.07) is 16.3. The largest absolute Gasteiger partial charge is 0.494 e. The minimum atomic E-state index is -0.631. The summed E-state index contributed by atoms with van der Waals surface area (Å²) >= 11 is 4.03. The smallest absolute Gasteiger partial charge is 0.329 e. The molecule has 128 valence electrons. The van der Waals surface area contributed by atoms with Crippen molar-refractivity contribution in [3.8, 4) is 11.5 Å². The highest BCUT2D eigenvalue weighted by Gasteiger charge is 2.08. The third-order valence-electron chi connectivity index (χ3n) is 3.34. The molecule has 0 fully saturated rings. The van der Waals surface area contributed by atoms with Crippen LogP contribution in [0, 0.1) is 0 Å². The number of benzene rings is 2. The fourth-order valence-corrected chi connectivity index (χ4v) is 2.23. The van der Waals surface area contributed by atoms with Crippen molar-refractivity contribution in [2.45, 2.75) is 19.3 Å². The number of anilines is 1. The second kappa shape index (κ2) is 9.72. The van der Waals surface area contributed by atoms with Gasteiger partial charge >= 0.3 is 6.03 Å². The average molecular weight is 346 g/mol. The number of primary amides is 1. The zero-order valence-electron chi connectivity index (χ0n) is 13.4. The summed E-state index contributed by atoms with van der Waals surface area (Å²) in [5.74, 6) is 1.59. The van der Waals surface area contributed by atoms with Crippen LogP contribution in [0.3, 0.4) is 0 Å². The number of unbranched alkanes of at least 4 members (excludes halogenated alkanes) is 2. The van der Waals surface area contributed by atoms with Crippen LogP contribution in [0.4, 0.5) is 10.5 Å². The van der Waals surface area contributed by atoms with E-state index < -0.39 is 6.03 Å². The van der Waals surface area contributed by atoms with E-state index in [0.717, 1.165) is 29.3 Å². The Morgan fingerprint density at radius 1 is 0.917 bits per heavy atom. The number of nitrogens with two attached hydrogens (primary N) is 1. The molecular weight excluding hydrogens is 324 g/mol. The zero-order chi connectivity index (χ0) is 17.2. The minimum absolute atomic E-state index is 0.583. The van der Waals surface area contributed by atoms with Crippen LogP contribution in [0.15, 0.2) is 54.6 Å². The van der Waals surface area contributed by atoms with Gasteiger partial charge in [0.15, 0.2) is 0 Å². The number of para-hydroxylation sites is 1. The second-order valence-corrected chi connectivity index (χ2v) is 5.62. The van der Waals surface area contributed by atoms with Gasteiger partial charge in [0, 0.05) is 6.07 Å². The Morgan fingerprint density at radius 3 is 2.21 bits per heavy atom. The quantitative estimate of drug-likeness (QED) is 0.532. The predicted octanol–water partition coefficient (Wildman–Crippen LogP) is 4.04. The van der Waals surface area contributed by atoms with Crippen molar-refractivity contribution in [2.75, 3.05) is 17.5 Å². The van der Waals surface area contributed by atoms with Gasteiger partial charge in [0.25, 0.3) is 0 Å². The Balaban J connectivity index is 1.62. The van der Waals surface area contributed by atoms with Gasteiger partial charge in [-0.25, -0.2) is 9.10 Å². The molecular formula is C18H22N2O3S. The van der Waals surface area contributed by atoms with Gasteiger partial charge in [-0.3, -0.25) is 0 Å². The first kappa shape index (κ1) is 18.0. The number of carbonyl (C=O) groups is 1. The van der Waals surface area contributed by atoms with Gasteiger partial charge in [-0.1, -0.05) is 37.1 Å². The lowest BCUT2D eigenvalue weighted by atomic mass is 10.2. The highest BCUT2D eigenvalue weighted by atomic mass is 32.1. The van der Waals surface area contributed by atoms with Crippen molar-refractivity contribution in [3.05, 3.63) is 54.6 Å². The maximum atomic E-state index is 11.1. The third kappa shape index (κ3) is 6.04. The van der Waals surface area contributed by atoms with Gasteiger partial charge < -0.3 is 15.2 Å². The van der Waals surface area contributed by atoms with E-state index in [4.69, 9.17) is 15.2 Å². The second-order valence-electron chi connectivity index (χ2n) is 5.22. The van der Waals surface area contributed by atoms with Crippen LogP contribution in [-0.2, 0) is 0 Å². The fourth-order valence-electron chi connectivity index (χ4n) is 2.11.